The smallest absolute Gasteiger partial charge is 0.332 e. The van der Waals surface area contributed by atoms with Crippen LogP contribution >= 0.6 is 0 Å². The zero-order chi connectivity index (χ0) is 12.3. The van der Waals surface area contributed by atoms with Crippen molar-refractivity contribution in [3.63, 3.8) is 0 Å². The molecule has 2 atom stereocenters. The Morgan fingerprint density at radius 1 is 1.65 bits per heavy atom. The minimum atomic E-state index is -0.955. The lowest BCUT2D eigenvalue weighted by Crippen LogP contribution is -2.20. The highest BCUT2D eigenvalue weighted by Crippen LogP contribution is 2.22. The minimum Gasteiger partial charge on any atom is -0.488 e. The minimum absolute atomic E-state index is 0.247. The van der Waals surface area contributed by atoms with Gasteiger partial charge in [-0.15, -0.1) is 0 Å². The molecule has 0 spiro atoms. The summed E-state index contributed by atoms with van der Waals surface area (Å²) in [6, 6.07) is 3.34. The number of nitrogens with zero attached hydrogens (tertiary/aromatic N) is 1. The van der Waals surface area contributed by atoms with Gasteiger partial charge in [0.05, 0.1) is 13.7 Å². The van der Waals surface area contributed by atoms with Crippen molar-refractivity contribution in [1.82, 2.24) is 4.98 Å². The molecule has 1 aliphatic rings. The molecule has 2 rings (SSSR count). The molecule has 1 aromatic rings. The van der Waals surface area contributed by atoms with Crippen molar-refractivity contribution in [2.45, 2.75) is 18.6 Å². The number of carboxylic acids is 1. The first-order chi connectivity index (χ1) is 8.19. The van der Waals surface area contributed by atoms with Crippen molar-refractivity contribution in [1.29, 1.82) is 0 Å². The second-order valence-corrected chi connectivity index (χ2v) is 3.67. The van der Waals surface area contributed by atoms with Gasteiger partial charge < -0.3 is 19.3 Å². The van der Waals surface area contributed by atoms with Gasteiger partial charge in [-0.25, -0.2) is 9.78 Å². The Morgan fingerprint density at radius 2 is 2.47 bits per heavy atom. The summed E-state index contributed by atoms with van der Waals surface area (Å²) in [4.78, 5) is 14.6. The lowest BCUT2D eigenvalue weighted by molar-refractivity contribution is -0.147. The van der Waals surface area contributed by atoms with Crippen LogP contribution in [0.25, 0.3) is 0 Å². The third-order valence-electron chi connectivity index (χ3n) is 2.45. The number of hydrogen-bond acceptors (Lipinski definition) is 5. The molecule has 92 valence electrons. The summed E-state index contributed by atoms with van der Waals surface area (Å²) in [6.45, 7) is 0.279. The van der Waals surface area contributed by atoms with Crippen LogP contribution in [0.1, 0.15) is 6.42 Å². The number of ether oxygens (including phenoxy) is 3. The molecule has 1 aromatic heterocycles. The molecule has 2 heterocycles. The maximum Gasteiger partial charge on any atom is 0.332 e. The Bertz CT molecular complexity index is 409. The molecular weight excluding hydrogens is 226 g/mol. The van der Waals surface area contributed by atoms with E-state index in [1.165, 1.54) is 7.11 Å². The third-order valence-corrected chi connectivity index (χ3v) is 2.45. The van der Waals surface area contributed by atoms with Crippen molar-refractivity contribution in [2.75, 3.05) is 13.7 Å². The fourth-order valence-electron chi connectivity index (χ4n) is 1.62. The van der Waals surface area contributed by atoms with Gasteiger partial charge in [-0.2, -0.15) is 0 Å². The highest BCUT2D eigenvalue weighted by Gasteiger charge is 2.32. The molecule has 0 aliphatic carbocycles. The summed E-state index contributed by atoms with van der Waals surface area (Å²) in [5.41, 5.74) is 0. The van der Waals surface area contributed by atoms with Crippen LogP contribution < -0.4 is 9.47 Å². The Labute approximate surface area is 98.1 Å². The predicted octanol–water partition coefficient (Wildman–Crippen LogP) is 0.711. The van der Waals surface area contributed by atoms with E-state index in [-0.39, 0.29) is 12.7 Å². The van der Waals surface area contributed by atoms with Crippen LogP contribution in [0, 0.1) is 0 Å². The second-order valence-electron chi connectivity index (χ2n) is 3.67. The van der Waals surface area contributed by atoms with E-state index < -0.39 is 12.1 Å². The second kappa shape index (κ2) is 5.01. The fraction of sp³-hybridized carbons (Fsp3) is 0.455. The summed E-state index contributed by atoms with van der Waals surface area (Å²) in [6.07, 6.45) is 0.894. The molecule has 1 fully saturated rings. The van der Waals surface area contributed by atoms with Crippen LogP contribution in [0.4, 0.5) is 0 Å². The normalized spacial score (nSPS) is 23.4. The topological polar surface area (TPSA) is 77.9 Å². The zero-order valence-electron chi connectivity index (χ0n) is 9.33. The van der Waals surface area contributed by atoms with Gasteiger partial charge in [0, 0.05) is 18.7 Å². The molecule has 0 aromatic carbocycles. The number of hydrogen-bond donors (Lipinski definition) is 1. The standard InChI is InChI=1S/C11H13NO5/c1-15-10-5-7(2-3-12-10)17-8-4-9(11(13)14)16-6-8/h2-3,5,8-9H,4,6H2,1H3,(H,13,14). The number of pyridine rings is 1. The predicted molar refractivity (Wildman–Crippen MR) is 57.2 cm³/mol. The van der Waals surface area contributed by atoms with Gasteiger partial charge in [-0.1, -0.05) is 0 Å². The van der Waals surface area contributed by atoms with Crippen LogP contribution in [-0.4, -0.2) is 42.0 Å². The summed E-state index contributed by atoms with van der Waals surface area (Å²) in [5, 5.41) is 8.77. The monoisotopic (exact) mass is 239 g/mol. The van der Waals surface area contributed by atoms with Crippen LogP contribution in [-0.2, 0) is 9.53 Å². The van der Waals surface area contributed by atoms with Crippen molar-refractivity contribution in [2.24, 2.45) is 0 Å². The van der Waals surface area contributed by atoms with Crippen LogP contribution in [0.2, 0.25) is 0 Å². The van der Waals surface area contributed by atoms with Crippen LogP contribution in [0.15, 0.2) is 18.3 Å². The molecule has 6 nitrogen and oxygen atoms in total. The average Bonchev–Trinajstić information content (AvgIpc) is 2.78. The first kappa shape index (κ1) is 11.7. The summed E-state index contributed by atoms with van der Waals surface area (Å²) in [7, 11) is 1.52. The molecule has 0 bridgehead atoms. The summed E-state index contributed by atoms with van der Waals surface area (Å²) < 4.78 is 15.6. The average molecular weight is 239 g/mol. The largest absolute Gasteiger partial charge is 0.488 e. The highest BCUT2D eigenvalue weighted by molar-refractivity contribution is 5.72. The fourth-order valence-corrected chi connectivity index (χ4v) is 1.62. The quantitative estimate of drug-likeness (QED) is 0.833. The maximum atomic E-state index is 10.7. The Hall–Kier alpha value is -1.82. The van der Waals surface area contributed by atoms with Gasteiger partial charge >= 0.3 is 5.97 Å². The number of carboxylic acid groups (broad SMARTS) is 1. The van der Waals surface area contributed by atoms with Crippen LogP contribution in [0.3, 0.4) is 0 Å². The van der Waals surface area contributed by atoms with Gasteiger partial charge in [0.1, 0.15) is 11.9 Å². The molecule has 0 saturated carbocycles. The molecule has 0 radical (unpaired) electrons. The molecule has 0 amide bonds. The van der Waals surface area contributed by atoms with Gasteiger partial charge in [0.15, 0.2) is 6.10 Å². The summed E-state index contributed by atoms with van der Waals surface area (Å²) in [5.74, 6) is 0.0936. The van der Waals surface area contributed by atoms with E-state index in [4.69, 9.17) is 19.3 Å². The van der Waals surface area contributed by atoms with Crippen molar-refractivity contribution in [3.8, 4) is 11.6 Å². The number of aromatic nitrogens is 1. The van der Waals surface area contributed by atoms with E-state index in [1.54, 1.807) is 18.3 Å². The lowest BCUT2D eigenvalue weighted by atomic mass is 10.2. The lowest BCUT2D eigenvalue weighted by Gasteiger charge is -2.11. The molecule has 1 aliphatic heterocycles. The van der Waals surface area contributed by atoms with E-state index in [1.807, 2.05) is 0 Å². The van der Waals surface area contributed by atoms with E-state index in [2.05, 4.69) is 4.98 Å². The number of aliphatic carboxylic acids is 1. The molecule has 1 N–H and O–H groups in total. The first-order valence-electron chi connectivity index (χ1n) is 5.20. The SMILES string of the molecule is COc1cc(OC2COC(C(=O)O)C2)ccn1. The Kier molecular flexibility index (Phi) is 3.43. The van der Waals surface area contributed by atoms with E-state index in [0.29, 0.717) is 18.1 Å². The van der Waals surface area contributed by atoms with Crippen molar-refractivity contribution >= 4 is 5.97 Å². The van der Waals surface area contributed by atoms with Crippen LogP contribution in [0.5, 0.6) is 11.6 Å². The molecule has 17 heavy (non-hydrogen) atoms. The maximum absolute atomic E-state index is 10.7. The van der Waals surface area contributed by atoms with Gasteiger partial charge in [0.25, 0.3) is 0 Å². The van der Waals surface area contributed by atoms with E-state index >= 15 is 0 Å². The van der Waals surface area contributed by atoms with Gasteiger partial charge in [0.2, 0.25) is 5.88 Å². The molecule has 6 heteroatoms. The first-order valence-corrected chi connectivity index (χ1v) is 5.20. The molecular formula is C11H13NO5. The number of carbonyl (C=O) groups is 1. The molecule has 2 unspecified atom stereocenters. The number of methoxy groups -OCH3 is 1. The number of rotatable bonds is 4. The van der Waals surface area contributed by atoms with Crippen molar-refractivity contribution < 1.29 is 24.1 Å². The van der Waals surface area contributed by atoms with E-state index in [9.17, 15) is 4.79 Å². The van der Waals surface area contributed by atoms with Gasteiger partial charge in [-0.05, 0) is 6.07 Å². The third kappa shape index (κ3) is 2.85. The summed E-state index contributed by atoms with van der Waals surface area (Å²) >= 11 is 0. The highest BCUT2D eigenvalue weighted by atomic mass is 16.6. The Balaban J connectivity index is 1.95. The van der Waals surface area contributed by atoms with Crippen molar-refractivity contribution in [3.05, 3.63) is 18.3 Å². The Morgan fingerprint density at radius 3 is 3.12 bits per heavy atom. The van der Waals surface area contributed by atoms with E-state index in [0.717, 1.165) is 0 Å². The van der Waals surface area contributed by atoms with Gasteiger partial charge in [-0.3, -0.25) is 0 Å². The zero-order valence-corrected chi connectivity index (χ0v) is 9.33. The molecule has 1 saturated heterocycles.